The zero-order chi connectivity index (χ0) is 24.9. The highest BCUT2D eigenvalue weighted by Gasteiger charge is 2.34. The molecular weight excluding hydrogens is 455 g/mol. The molecule has 0 saturated carbocycles. The van der Waals surface area contributed by atoms with Crippen molar-refractivity contribution in [3.63, 3.8) is 0 Å². The molecule has 186 valence electrons. The van der Waals surface area contributed by atoms with Gasteiger partial charge in [0.1, 0.15) is 11.6 Å². The van der Waals surface area contributed by atoms with Crippen molar-refractivity contribution in [3.8, 4) is 5.75 Å². The van der Waals surface area contributed by atoms with E-state index in [9.17, 15) is 17.6 Å². The van der Waals surface area contributed by atoms with Crippen molar-refractivity contribution in [2.45, 2.75) is 58.3 Å². The summed E-state index contributed by atoms with van der Waals surface area (Å²) in [6.45, 7) is 9.33. The molecular formula is C26H35FN2O4S. The second-order valence-electron chi connectivity index (χ2n) is 9.07. The third-order valence-electron chi connectivity index (χ3n) is 6.67. The Bertz CT molecular complexity index is 1080. The fourth-order valence-electron chi connectivity index (χ4n) is 4.36. The minimum absolute atomic E-state index is 0.0183. The van der Waals surface area contributed by atoms with Crippen molar-refractivity contribution >= 4 is 15.9 Å². The van der Waals surface area contributed by atoms with E-state index in [-0.39, 0.29) is 17.6 Å². The van der Waals surface area contributed by atoms with E-state index in [1.165, 1.54) is 16.4 Å². The molecule has 0 bridgehead atoms. The second-order valence-corrected chi connectivity index (χ2v) is 10.9. The molecule has 1 aliphatic rings. The molecule has 0 spiro atoms. The van der Waals surface area contributed by atoms with Gasteiger partial charge in [0.15, 0.2) is 0 Å². The number of piperidine rings is 1. The van der Waals surface area contributed by atoms with Gasteiger partial charge in [0.2, 0.25) is 15.9 Å². The first-order valence-corrected chi connectivity index (χ1v) is 13.3. The van der Waals surface area contributed by atoms with Gasteiger partial charge in [0.25, 0.3) is 0 Å². The van der Waals surface area contributed by atoms with Gasteiger partial charge in [-0.2, -0.15) is 4.31 Å². The van der Waals surface area contributed by atoms with Gasteiger partial charge in [-0.25, -0.2) is 12.8 Å². The van der Waals surface area contributed by atoms with Gasteiger partial charge in [-0.3, -0.25) is 4.79 Å². The van der Waals surface area contributed by atoms with E-state index < -0.39 is 10.0 Å². The summed E-state index contributed by atoms with van der Waals surface area (Å²) in [5.74, 6) is 0.131. The Hall–Kier alpha value is -2.45. The third kappa shape index (κ3) is 6.16. The van der Waals surface area contributed by atoms with E-state index in [1.807, 2.05) is 33.8 Å². The average Bonchev–Trinajstić information content (AvgIpc) is 2.81. The molecule has 0 aliphatic carbocycles. The van der Waals surface area contributed by atoms with E-state index in [0.29, 0.717) is 49.7 Å². The van der Waals surface area contributed by atoms with Crippen LogP contribution in [0.2, 0.25) is 0 Å². The van der Waals surface area contributed by atoms with Crippen molar-refractivity contribution in [2.24, 2.45) is 5.92 Å². The SMILES string of the molecule is Cc1cc(C)c(C)c(S(=O)(=O)N2CCC(C(=O)NCCCCOc3ccc(F)cc3)CC2)c1C. The molecule has 1 N–H and O–H groups in total. The van der Waals surface area contributed by atoms with Gasteiger partial charge in [0.05, 0.1) is 11.5 Å². The van der Waals surface area contributed by atoms with Crippen LogP contribution < -0.4 is 10.1 Å². The lowest BCUT2D eigenvalue weighted by Gasteiger charge is -2.31. The Kier molecular flexibility index (Phi) is 8.71. The summed E-state index contributed by atoms with van der Waals surface area (Å²) in [4.78, 5) is 13.0. The quantitative estimate of drug-likeness (QED) is 0.528. The fraction of sp³-hybridized carbons (Fsp3) is 0.500. The highest BCUT2D eigenvalue weighted by atomic mass is 32.2. The third-order valence-corrected chi connectivity index (χ3v) is 8.85. The Morgan fingerprint density at radius 3 is 2.21 bits per heavy atom. The second kappa shape index (κ2) is 11.3. The molecule has 0 unspecified atom stereocenters. The minimum atomic E-state index is -3.60. The Labute approximate surface area is 202 Å². The van der Waals surface area contributed by atoms with Gasteiger partial charge in [-0.15, -0.1) is 0 Å². The van der Waals surface area contributed by atoms with Gasteiger partial charge in [-0.1, -0.05) is 6.07 Å². The molecule has 0 radical (unpaired) electrons. The van der Waals surface area contributed by atoms with Crippen molar-refractivity contribution in [2.75, 3.05) is 26.2 Å². The van der Waals surface area contributed by atoms with Gasteiger partial charge in [-0.05, 0) is 99.9 Å². The maximum Gasteiger partial charge on any atom is 0.243 e. The highest BCUT2D eigenvalue weighted by Crippen LogP contribution is 2.31. The van der Waals surface area contributed by atoms with Crippen molar-refractivity contribution in [3.05, 3.63) is 58.4 Å². The summed E-state index contributed by atoms with van der Waals surface area (Å²) < 4.78 is 46.8. The molecule has 3 rings (SSSR count). The Morgan fingerprint density at radius 1 is 1.03 bits per heavy atom. The standard InChI is InChI=1S/C26H35FN2O4S/c1-18-17-19(2)21(4)25(20(18)3)34(31,32)29-14-11-22(12-15-29)26(30)28-13-5-6-16-33-24-9-7-23(27)8-10-24/h7-10,17,22H,5-6,11-16H2,1-4H3,(H,28,30). The maximum absolute atomic E-state index is 13.4. The van der Waals surface area contributed by atoms with E-state index in [1.54, 1.807) is 12.1 Å². The molecule has 2 aromatic rings. The van der Waals surface area contributed by atoms with E-state index >= 15 is 0 Å². The van der Waals surface area contributed by atoms with E-state index in [2.05, 4.69) is 5.32 Å². The molecule has 1 saturated heterocycles. The average molecular weight is 491 g/mol. The molecule has 1 fully saturated rings. The summed E-state index contributed by atoms with van der Waals surface area (Å²) in [5, 5.41) is 2.96. The molecule has 0 atom stereocenters. The summed E-state index contributed by atoms with van der Waals surface area (Å²) in [6.07, 6.45) is 2.57. The largest absolute Gasteiger partial charge is 0.494 e. The topological polar surface area (TPSA) is 75.7 Å². The van der Waals surface area contributed by atoms with Crippen LogP contribution in [0.1, 0.15) is 47.9 Å². The smallest absolute Gasteiger partial charge is 0.243 e. The van der Waals surface area contributed by atoms with E-state index in [0.717, 1.165) is 35.1 Å². The van der Waals surface area contributed by atoms with Crippen LogP contribution in [0.5, 0.6) is 5.75 Å². The van der Waals surface area contributed by atoms with Crippen molar-refractivity contribution in [1.82, 2.24) is 9.62 Å². The number of carbonyl (C=O) groups excluding carboxylic acids is 1. The van der Waals surface area contributed by atoms with Crippen LogP contribution in [0, 0.1) is 39.4 Å². The lowest BCUT2D eigenvalue weighted by atomic mass is 9.97. The van der Waals surface area contributed by atoms with Crippen LogP contribution in [-0.4, -0.2) is 44.9 Å². The number of amides is 1. The minimum Gasteiger partial charge on any atom is -0.494 e. The predicted molar refractivity (Wildman–Crippen MR) is 131 cm³/mol. The highest BCUT2D eigenvalue weighted by molar-refractivity contribution is 7.89. The number of ether oxygens (including phenoxy) is 1. The van der Waals surface area contributed by atoms with Crippen LogP contribution in [-0.2, 0) is 14.8 Å². The number of aryl methyl sites for hydroxylation is 2. The number of benzene rings is 2. The number of nitrogens with one attached hydrogen (secondary N) is 1. The molecule has 8 heteroatoms. The van der Waals surface area contributed by atoms with Crippen LogP contribution in [0.25, 0.3) is 0 Å². The number of hydrogen-bond acceptors (Lipinski definition) is 4. The molecule has 34 heavy (non-hydrogen) atoms. The fourth-order valence-corrected chi connectivity index (χ4v) is 6.40. The van der Waals surface area contributed by atoms with Gasteiger partial charge < -0.3 is 10.1 Å². The lowest BCUT2D eigenvalue weighted by Crippen LogP contribution is -2.43. The van der Waals surface area contributed by atoms with Crippen LogP contribution in [0.4, 0.5) is 4.39 Å². The van der Waals surface area contributed by atoms with Gasteiger partial charge in [0, 0.05) is 25.6 Å². The number of unbranched alkanes of at least 4 members (excludes halogenated alkanes) is 1. The summed E-state index contributed by atoms with van der Waals surface area (Å²) in [6, 6.07) is 7.92. The molecule has 2 aromatic carbocycles. The van der Waals surface area contributed by atoms with E-state index in [4.69, 9.17) is 4.74 Å². The summed E-state index contributed by atoms with van der Waals surface area (Å²) in [7, 11) is -3.60. The normalized spacial score (nSPS) is 15.3. The predicted octanol–water partition coefficient (Wildman–Crippen LogP) is 4.44. The first-order chi connectivity index (χ1) is 16.1. The molecule has 1 aliphatic heterocycles. The number of rotatable bonds is 9. The molecule has 1 amide bonds. The zero-order valence-electron chi connectivity index (χ0n) is 20.5. The Morgan fingerprint density at radius 2 is 1.62 bits per heavy atom. The zero-order valence-corrected chi connectivity index (χ0v) is 21.3. The molecule has 0 aromatic heterocycles. The Balaban J connectivity index is 1.43. The number of hydrogen-bond donors (Lipinski definition) is 1. The van der Waals surface area contributed by atoms with Crippen LogP contribution in [0.3, 0.4) is 0 Å². The number of nitrogens with zero attached hydrogens (tertiary/aromatic N) is 1. The van der Waals surface area contributed by atoms with Crippen LogP contribution >= 0.6 is 0 Å². The number of carbonyl (C=O) groups is 1. The number of halogens is 1. The first-order valence-electron chi connectivity index (χ1n) is 11.8. The monoisotopic (exact) mass is 490 g/mol. The maximum atomic E-state index is 13.4. The number of sulfonamides is 1. The first kappa shape index (κ1) is 26.2. The van der Waals surface area contributed by atoms with Crippen LogP contribution in [0.15, 0.2) is 35.2 Å². The summed E-state index contributed by atoms with van der Waals surface area (Å²) in [5.41, 5.74) is 3.54. The van der Waals surface area contributed by atoms with Crippen molar-refractivity contribution < 1.29 is 22.3 Å². The van der Waals surface area contributed by atoms with Crippen molar-refractivity contribution in [1.29, 1.82) is 0 Å². The molecule has 1 heterocycles. The lowest BCUT2D eigenvalue weighted by molar-refractivity contribution is -0.126. The van der Waals surface area contributed by atoms with Gasteiger partial charge >= 0.3 is 0 Å². The summed E-state index contributed by atoms with van der Waals surface area (Å²) >= 11 is 0. The molecule has 6 nitrogen and oxygen atoms in total.